The van der Waals surface area contributed by atoms with Gasteiger partial charge in [-0.1, -0.05) is 18.2 Å². The van der Waals surface area contributed by atoms with Crippen molar-refractivity contribution in [2.75, 3.05) is 20.1 Å². The Morgan fingerprint density at radius 1 is 1.13 bits per heavy atom. The Morgan fingerprint density at radius 2 is 1.93 bits per heavy atom. The Hall–Kier alpha value is -3.13. The minimum Gasteiger partial charge on any atom is -0.452 e. The van der Waals surface area contributed by atoms with E-state index in [1.165, 1.54) is 10.6 Å². The van der Waals surface area contributed by atoms with Gasteiger partial charge in [-0.05, 0) is 37.1 Å². The zero-order valence-corrected chi connectivity index (χ0v) is 16.8. The van der Waals surface area contributed by atoms with Crippen molar-refractivity contribution >= 4 is 16.9 Å². The number of aromatic nitrogens is 2. The quantitative estimate of drug-likeness (QED) is 0.695. The zero-order chi connectivity index (χ0) is 21.0. The monoisotopic (exact) mass is 410 g/mol. The lowest BCUT2D eigenvalue weighted by molar-refractivity contribution is -0.136. The molecule has 0 saturated carbocycles. The Morgan fingerprint density at radius 3 is 2.73 bits per heavy atom. The SMILES string of the molecule is CN1CC(c2ccc3c([nH]c(=O)n3C)c2Oc2ccccc2F)C2CCNC2C1=O. The van der Waals surface area contributed by atoms with Gasteiger partial charge in [-0.2, -0.15) is 0 Å². The molecule has 3 atom stereocenters. The number of carbonyl (C=O) groups excluding carboxylic acids is 1. The molecule has 3 heterocycles. The van der Waals surface area contributed by atoms with Crippen molar-refractivity contribution in [2.24, 2.45) is 13.0 Å². The number of aromatic amines is 1. The van der Waals surface area contributed by atoms with Gasteiger partial charge in [0, 0.05) is 32.1 Å². The van der Waals surface area contributed by atoms with E-state index in [1.807, 2.05) is 12.1 Å². The minimum atomic E-state index is -0.477. The first-order valence-electron chi connectivity index (χ1n) is 10.1. The summed E-state index contributed by atoms with van der Waals surface area (Å²) in [6.45, 7) is 1.32. The highest BCUT2D eigenvalue weighted by atomic mass is 19.1. The smallest absolute Gasteiger partial charge is 0.326 e. The number of amides is 1. The van der Waals surface area contributed by atoms with Crippen LogP contribution in [0.2, 0.25) is 0 Å². The second kappa shape index (κ2) is 6.98. The van der Waals surface area contributed by atoms with Crippen molar-refractivity contribution < 1.29 is 13.9 Å². The molecule has 1 aromatic heterocycles. The van der Waals surface area contributed by atoms with Crippen LogP contribution in [0.3, 0.4) is 0 Å². The van der Waals surface area contributed by atoms with Crippen molar-refractivity contribution in [1.82, 2.24) is 19.8 Å². The van der Waals surface area contributed by atoms with Crippen molar-refractivity contribution in [2.45, 2.75) is 18.4 Å². The van der Waals surface area contributed by atoms with Crippen LogP contribution in [-0.2, 0) is 11.8 Å². The van der Waals surface area contributed by atoms with Gasteiger partial charge in [0.25, 0.3) is 0 Å². The molecule has 0 radical (unpaired) electrons. The molecule has 2 aliphatic heterocycles. The van der Waals surface area contributed by atoms with Crippen LogP contribution in [0.5, 0.6) is 11.5 Å². The van der Waals surface area contributed by atoms with Crippen LogP contribution < -0.4 is 15.7 Å². The van der Waals surface area contributed by atoms with E-state index in [2.05, 4.69) is 10.3 Å². The van der Waals surface area contributed by atoms with Crippen molar-refractivity contribution in [3.63, 3.8) is 0 Å². The summed E-state index contributed by atoms with van der Waals surface area (Å²) in [5.74, 6) is 0.271. The maximum atomic E-state index is 14.4. The molecule has 1 amide bonds. The molecule has 7 nitrogen and oxygen atoms in total. The topological polar surface area (TPSA) is 79.4 Å². The van der Waals surface area contributed by atoms with Gasteiger partial charge < -0.3 is 19.9 Å². The number of aryl methyl sites for hydroxylation is 1. The van der Waals surface area contributed by atoms with E-state index < -0.39 is 5.82 Å². The van der Waals surface area contributed by atoms with Gasteiger partial charge in [-0.3, -0.25) is 9.36 Å². The third-order valence-corrected chi connectivity index (χ3v) is 6.41. The first-order chi connectivity index (χ1) is 14.5. The van der Waals surface area contributed by atoms with Crippen molar-refractivity contribution in [1.29, 1.82) is 0 Å². The molecule has 156 valence electrons. The van der Waals surface area contributed by atoms with Crippen LogP contribution in [0.1, 0.15) is 17.9 Å². The summed E-state index contributed by atoms with van der Waals surface area (Å²) in [5, 5.41) is 3.31. The fourth-order valence-electron chi connectivity index (χ4n) is 4.84. The summed E-state index contributed by atoms with van der Waals surface area (Å²) in [5.41, 5.74) is 1.81. The van der Waals surface area contributed by atoms with Crippen LogP contribution in [0.25, 0.3) is 11.0 Å². The molecule has 0 aliphatic carbocycles. The van der Waals surface area contributed by atoms with Crippen LogP contribution >= 0.6 is 0 Å². The molecule has 2 aliphatic rings. The predicted molar refractivity (Wildman–Crippen MR) is 110 cm³/mol. The van der Waals surface area contributed by atoms with E-state index in [4.69, 9.17) is 4.74 Å². The maximum Gasteiger partial charge on any atom is 0.326 e. The number of hydrogen-bond acceptors (Lipinski definition) is 4. The molecule has 8 heteroatoms. The highest BCUT2D eigenvalue weighted by molar-refractivity contribution is 5.86. The summed E-state index contributed by atoms with van der Waals surface area (Å²) in [4.78, 5) is 29.5. The lowest BCUT2D eigenvalue weighted by Crippen LogP contribution is -2.52. The maximum absolute atomic E-state index is 14.4. The number of likely N-dealkylation sites (tertiary alicyclic amines) is 1. The van der Waals surface area contributed by atoms with Crippen LogP contribution in [0.4, 0.5) is 4.39 Å². The summed E-state index contributed by atoms with van der Waals surface area (Å²) in [7, 11) is 3.48. The molecule has 2 aromatic carbocycles. The molecule has 2 saturated heterocycles. The highest BCUT2D eigenvalue weighted by Gasteiger charge is 2.45. The van der Waals surface area contributed by atoms with Crippen LogP contribution in [0.15, 0.2) is 41.2 Å². The average molecular weight is 410 g/mol. The Balaban J connectivity index is 1.69. The van der Waals surface area contributed by atoms with Gasteiger partial charge in [0.2, 0.25) is 5.91 Å². The van der Waals surface area contributed by atoms with Crippen molar-refractivity contribution in [3.8, 4) is 11.5 Å². The Labute approximate surface area is 172 Å². The van der Waals surface area contributed by atoms with Gasteiger partial charge in [0.1, 0.15) is 5.52 Å². The van der Waals surface area contributed by atoms with Crippen LogP contribution in [0, 0.1) is 11.7 Å². The summed E-state index contributed by atoms with van der Waals surface area (Å²) < 4.78 is 22.0. The Kier molecular flexibility index (Phi) is 4.39. The molecule has 30 heavy (non-hydrogen) atoms. The Bertz CT molecular complexity index is 1200. The van der Waals surface area contributed by atoms with Gasteiger partial charge >= 0.3 is 5.69 Å². The summed E-state index contributed by atoms with van der Waals surface area (Å²) >= 11 is 0. The lowest BCUT2D eigenvalue weighted by atomic mass is 9.77. The molecule has 2 fully saturated rings. The fourth-order valence-corrected chi connectivity index (χ4v) is 4.84. The van der Waals surface area contributed by atoms with Crippen LogP contribution in [-0.4, -0.2) is 46.5 Å². The molecule has 0 spiro atoms. The normalized spacial score (nSPS) is 23.8. The fraction of sp³-hybridized carbons (Fsp3) is 0.364. The van der Waals surface area contributed by atoms with E-state index in [0.29, 0.717) is 23.3 Å². The number of halogens is 1. The number of carbonyl (C=O) groups is 1. The third-order valence-electron chi connectivity index (χ3n) is 6.41. The van der Waals surface area contributed by atoms with Gasteiger partial charge in [0.15, 0.2) is 17.3 Å². The van der Waals surface area contributed by atoms with E-state index in [-0.39, 0.29) is 35.2 Å². The minimum absolute atomic E-state index is 0.00239. The number of nitrogens with one attached hydrogen (secondary N) is 2. The third kappa shape index (κ3) is 2.82. The average Bonchev–Trinajstić information content (AvgIpc) is 3.33. The standard InChI is InChI=1S/C22H23FN4O3/c1-26-11-14(12-9-10-24-18(12)21(26)28)13-7-8-16-19(25-22(29)27(16)2)20(13)30-17-6-4-3-5-15(17)23/h3-8,12,14,18,24H,9-11H2,1-2H3,(H,25,29). The predicted octanol–water partition coefficient (Wildman–Crippen LogP) is 2.33. The number of H-pyrrole nitrogens is 1. The first kappa shape index (κ1) is 18.9. The number of likely N-dealkylation sites (N-methyl/N-ethyl adjacent to an activating group) is 1. The molecular formula is C22H23FN4O3. The number of para-hydroxylation sites is 1. The molecule has 3 unspecified atom stereocenters. The van der Waals surface area contributed by atoms with Gasteiger partial charge in [-0.25, -0.2) is 9.18 Å². The summed E-state index contributed by atoms with van der Waals surface area (Å²) in [6.07, 6.45) is 0.872. The first-order valence-corrected chi connectivity index (χ1v) is 10.1. The molecule has 3 aromatic rings. The van der Waals surface area contributed by atoms with E-state index in [9.17, 15) is 14.0 Å². The number of ether oxygens (including phenoxy) is 1. The van der Waals surface area contributed by atoms with E-state index in [0.717, 1.165) is 18.5 Å². The van der Waals surface area contributed by atoms with E-state index in [1.54, 1.807) is 37.2 Å². The highest BCUT2D eigenvalue weighted by Crippen LogP contribution is 2.44. The van der Waals surface area contributed by atoms with E-state index >= 15 is 0 Å². The number of imidazole rings is 1. The molecule has 0 bridgehead atoms. The number of hydrogen-bond donors (Lipinski definition) is 2. The van der Waals surface area contributed by atoms with Gasteiger partial charge in [0.05, 0.1) is 11.6 Å². The van der Waals surface area contributed by atoms with Gasteiger partial charge in [-0.15, -0.1) is 0 Å². The lowest BCUT2D eigenvalue weighted by Gasteiger charge is -2.39. The second-order valence-corrected chi connectivity index (χ2v) is 8.11. The number of nitrogens with zero attached hydrogens (tertiary/aromatic N) is 2. The second-order valence-electron chi connectivity index (χ2n) is 8.11. The molecular weight excluding hydrogens is 387 g/mol. The number of benzene rings is 2. The largest absolute Gasteiger partial charge is 0.452 e. The van der Waals surface area contributed by atoms with Crippen molar-refractivity contribution in [3.05, 3.63) is 58.3 Å². The number of piperidine rings is 1. The number of rotatable bonds is 3. The molecule has 2 N–H and O–H groups in total. The molecule has 5 rings (SSSR count). The summed E-state index contributed by atoms with van der Waals surface area (Å²) in [6, 6.07) is 9.80. The zero-order valence-electron chi connectivity index (χ0n) is 16.8. The number of fused-ring (bicyclic) bond motifs is 2.